The zero-order chi connectivity index (χ0) is 15.5. The molecule has 1 aromatic rings. The van der Waals surface area contributed by atoms with Crippen LogP contribution in [0.2, 0.25) is 0 Å². The van der Waals surface area contributed by atoms with E-state index in [0.29, 0.717) is 12.0 Å². The molecule has 0 nitrogen and oxygen atoms in total. The van der Waals surface area contributed by atoms with E-state index in [0.717, 1.165) is 5.56 Å². The molecule has 1 aromatic carbocycles. The lowest BCUT2D eigenvalue weighted by molar-refractivity contribution is -0.0689. The Morgan fingerprint density at radius 3 is 2.38 bits per heavy atom. The van der Waals surface area contributed by atoms with Crippen LogP contribution in [0.15, 0.2) is 66.8 Å². The highest BCUT2D eigenvalue weighted by molar-refractivity contribution is 5.72. The molecule has 0 bridgehead atoms. The fourth-order valence-corrected chi connectivity index (χ4v) is 2.21. The summed E-state index contributed by atoms with van der Waals surface area (Å²) in [5.74, 6) is -0.0715. The summed E-state index contributed by atoms with van der Waals surface area (Å²) in [6.45, 7) is 5.66. The number of rotatable bonds is 3. The Balaban J connectivity index is 2.34. The second kappa shape index (κ2) is 6.17. The Labute approximate surface area is 123 Å². The van der Waals surface area contributed by atoms with Crippen LogP contribution in [0.25, 0.3) is 5.57 Å². The molecule has 0 N–H and O–H groups in total. The molecule has 1 aliphatic rings. The van der Waals surface area contributed by atoms with Gasteiger partial charge >= 0.3 is 6.18 Å². The van der Waals surface area contributed by atoms with Gasteiger partial charge in [-0.3, -0.25) is 0 Å². The Morgan fingerprint density at radius 1 is 1.19 bits per heavy atom. The third kappa shape index (κ3) is 3.97. The van der Waals surface area contributed by atoms with E-state index in [1.54, 1.807) is 12.1 Å². The Hall–Kier alpha value is -2.03. The minimum absolute atomic E-state index is 0.0715. The van der Waals surface area contributed by atoms with Gasteiger partial charge in [-0.05, 0) is 30.6 Å². The Bertz CT molecular complexity index is 598. The summed E-state index contributed by atoms with van der Waals surface area (Å²) in [6, 6.07) is 6.36. The van der Waals surface area contributed by atoms with Crippen molar-refractivity contribution in [3.05, 3.63) is 77.9 Å². The van der Waals surface area contributed by atoms with Gasteiger partial charge in [-0.15, -0.1) is 0 Å². The molecule has 1 atom stereocenters. The first-order chi connectivity index (χ1) is 9.88. The van der Waals surface area contributed by atoms with E-state index in [1.807, 2.05) is 31.2 Å². The highest BCUT2D eigenvalue weighted by Crippen LogP contribution is 2.36. The molecular weight excluding hydrogens is 273 g/mol. The summed E-state index contributed by atoms with van der Waals surface area (Å²) >= 11 is 0. The molecule has 21 heavy (non-hydrogen) atoms. The standard InChI is InChI=1S/C18H17F3/c1-13-8-10-16(11-9-13)17(18(19,20)21)12-14(2)15-6-4-3-5-7-15/h3-6,8-12,15H,2,7H2,1H3/b17-12+. The molecular formula is C18H17F3. The molecule has 3 heteroatoms. The van der Waals surface area contributed by atoms with Crippen LogP contribution in [0.3, 0.4) is 0 Å². The van der Waals surface area contributed by atoms with Crippen LogP contribution in [0.4, 0.5) is 13.2 Å². The van der Waals surface area contributed by atoms with Gasteiger partial charge in [-0.2, -0.15) is 13.2 Å². The number of halogens is 3. The monoisotopic (exact) mass is 290 g/mol. The van der Waals surface area contributed by atoms with Crippen molar-refractivity contribution in [1.82, 2.24) is 0 Å². The van der Waals surface area contributed by atoms with E-state index in [1.165, 1.54) is 18.2 Å². The van der Waals surface area contributed by atoms with Crippen LogP contribution in [-0.4, -0.2) is 6.18 Å². The van der Waals surface area contributed by atoms with E-state index >= 15 is 0 Å². The quantitative estimate of drug-likeness (QED) is 0.633. The fourth-order valence-electron chi connectivity index (χ4n) is 2.21. The second-order valence-corrected chi connectivity index (χ2v) is 5.15. The molecule has 2 rings (SSSR count). The molecule has 0 spiro atoms. The first-order valence-corrected chi connectivity index (χ1v) is 6.76. The Morgan fingerprint density at radius 2 is 1.86 bits per heavy atom. The van der Waals surface area contributed by atoms with Crippen LogP contribution < -0.4 is 0 Å². The lowest BCUT2D eigenvalue weighted by Gasteiger charge is -2.17. The number of allylic oxidation sites excluding steroid dienone is 7. The maximum atomic E-state index is 13.3. The molecule has 0 heterocycles. The second-order valence-electron chi connectivity index (χ2n) is 5.15. The zero-order valence-corrected chi connectivity index (χ0v) is 11.8. The van der Waals surface area contributed by atoms with Gasteiger partial charge in [0.15, 0.2) is 0 Å². The van der Waals surface area contributed by atoms with Gasteiger partial charge in [0.1, 0.15) is 0 Å². The molecule has 0 aromatic heterocycles. The molecule has 1 aliphatic carbocycles. The maximum absolute atomic E-state index is 13.3. The van der Waals surface area contributed by atoms with E-state index in [2.05, 4.69) is 6.58 Å². The van der Waals surface area contributed by atoms with Crippen molar-refractivity contribution in [2.45, 2.75) is 19.5 Å². The summed E-state index contributed by atoms with van der Waals surface area (Å²) in [4.78, 5) is 0. The average molecular weight is 290 g/mol. The summed E-state index contributed by atoms with van der Waals surface area (Å²) < 4.78 is 39.9. The smallest absolute Gasteiger partial charge is 0.166 e. The van der Waals surface area contributed by atoms with Gasteiger partial charge in [-0.1, -0.05) is 60.7 Å². The molecule has 0 saturated carbocycles. The van der Waals surface area contributed by atoms with Gasteiger partial charge in [0.05, 0.1) is 5.57 Å². The van der Waals surface area contributed by atoms with Crippen molar-refractivity contribution in [2.24, 2.45) is 5.92 Å². The summed E-state index contributed by atoms with van der Waals surface area (Å²) in [5.41, 5.74) is 0.933. The lowest BCUT2D eigenvalue weighted by atomic mass is 9.90. The third-order valence-corrected chi connectivity index (χ3v) is 3.45. The van der Waals surface area contributed by atoms with Gasteiger partial charge in [0, 0.05) is 5.92 Å². The first-order valence-electron chi connectivity index (χ1n) is 6.76. The van der Waals surface area contributed by atoms with E-state index in [4.69, 9.17) is 0 Å². The summed E-state index contributed by atoms with van der Waals surface area (Å²) in [5, 5.41) is 0. The number of hydrogen-bond donors (Lipinski definition) is 0. The van der Waals surface area contributed by atoms with E-state index in [9.17, 15) is 13.2 Å². The van der Waals surface area contributed by atoms with Gasteiger partial charge in [0.25, 0.3) is 0 Å². The van der Waals surface area contributed by atoms with Crippen molar-refractivity contribution < 1.29 is 13.2 Å². The normalized spacial score (nSPS) is 18.9. The zero-order valence-electron chi connectivity index (χ0n) is 11.8. The van der Waals surface area contributed by atoms with Crippen LogP contribution in [-0.2, 0) is 0 Å². The molecule has 0 saturated heterocycles. The summed E-state index contributed by atoms with van der Waals surface area (Å²) in [6.07, 6.45) is 4.99. The Kier molecular flexibility index (Phi) is 4.51. The largest absolute Gasteiger partial charge is 0.416 e. The highest BCUT2D eigenvalue weighted by atomic mass is 19.4. The molecule has 1 unspecified atom stereocenters. The molecule has 110 valence electrons. The highest BCUT2D eigenvalue weighted by Gasteiger charge is 2.34. The predicted octanol–water partition coefficient (Wildman–Crippen LogP) is 5.63. The van der Waals surface area contributed by atoms with E-state index in [-0.39, 0.29) is 11.5 Å². The van der Waals surface area contributed by atoms with Crippen molar-refractivity contribution in [3.8, 4) is 0 Å². The number of hydrogen-bond acceptors (Lipinski definition) is 0. The average Bonchev–Trinajstić information content (AvgIpc) is 2.45. The topological polar surface area (TPSA) is 0 Å². The molecule has 0 radical (unpaired) electrons. The van der Waals surface area contributed by atoms with Crippen molar-refractivity contribution in [1.29, 1.82) is 0 Å². The van der Waals surface area contributed by atoms with Crippen LogP contribution >= 0.6 is 0 Å². The van der Waals surface area contributed by atoms with Crippen molar-refractivity contribution >= 4 is 5.57 Å². The number of benzene rings is 1. The predicted molar refractivity (Wildman–Crippen MR) is 80.7 cm³/mol. The fraction of sp³-hybridized carbons (Fsp3) is 0.222. The number of aryl methyl sites for hydroxylation is 1. The number of alkyl halides is 3. The van der Waals surface area contributed by atoms with Crippen LogP contribution in [0.5, 0.6) is 0 Å². The SMILES string of the molecule is C=C(/C=C(\c1ccc(C)cc1)C(F)(F)F)C1C=CC=CC1. The van der Waals surface area contributed by atoms with Crippen LogP contribution in [0.1, 0.15) is 17.5 Å². The van der Waals surface area contributed by atoms with E-state index < -0.39 is 11.7 Å². The third-order valence-electron chi connectivity index (χ3n) is 3.45. The minimum Gasteiger partial charge on any atom is -0.166 e. The van der Waals surface area contributed by atoms with Crippen LogP contribution in [0, 0.1) is 12.8 Å². The maximum Gasteiger partial charge on any atom is 0.416 e. The van der Waals surface area contributed by atoms with Crippen molar-refractivity contribution in [2.75, 3.05) is 0 Å². The molecule has 0 amide bonds. The molecule has 0 fully saturated rings. The van der Waals surface area contributed by atoms with Gasteiger partial charge < -0.3 is 0 Å². The minimum atomic E-state index is -4.40. The van der Waals surface area contributed by atoms with Crippen molar-refractivity contribution in [3.63, 3.8) is 0 Å². The lowest BCUT2D eigenvalue weighted by Crippen LogP contribution is -2.12. The first kappa shape index (κ1) is 15.4. The van der Waals surface area contributed by atoms with Gasteiger partial charge in [0.2, 0.25) is 0 Å². The van der Waals surface area contributed by atoms with Gasteiger partial charge in [-0.25, -0.2) is 0 Å². The molecule has 0 aliphatic heterocycles. The summed E-state index contributed by atoms with van der Waals surface area (Å²) in [7, 11) is 0.